The molecule has 0 aliphatic heterocycles. The Kier molecular flexibility index (Phi) is 7.38. The number of amidine groups is 1. The van der Waals surface area contributed by atoms with Crippen LogP contribution in [0.25, 0.3) is 0 Å². The van der Waals surface area contributed by atoms with Gasteiger partial charge in [-0.1, -0.05) is 17.7 Å². The van der Waals surface area contributed by atoms with Gasteiger partial charge < -0.3 is 15.2 Å². The number of nitrogens with two attached hydrogens (primary N) is 1. The molecule has 1 rings (SSSR count). The van der Waals surface area contributed by atoms with Gasteiger partial charge in [-0.15, -0.1) is 0 Å². The normalized spacial score (nSPS) is 12.2. The van der Waals surface area contributed by atoms with Crippen molar-refractivity contribution in [2.75, 3.05) is 13.2 Å². The van der Waals surface area contributed by atoms with Crippen LogP contribution in [-0.4, -0.2) is 25.3 Å². The highest BCUT2D eigenvalue weighted by Gasteiger charge is 2.12. The quantitative estimate of drug-likeness (QED) is 0.466. The van der Waals surface area contributed by atoms with Gasteiger partial charge in [-0.05, 0) is 47.5 Å². The highest BCUT2D eigenvalue weighted by molar-refractivity contribution is 9.10. The van der Waals surface area contributed by atoms with E-state index in [1.54, 1.807) is 0 Å². The first-order chi connectivity index (χ1) is 9.08. The molecule has 0 amide bonds. The highest BCUT2D eigenvalue weighted by atomic mass is 79.9. The van der Waals surface area contributed by atoms with E-state index in [1.165, 1.54) is 0 Å². The number of rotatable bonds is 7. The van der Waals surface area contributed by atoms with E-state index in [2.05, 4.69) is 20.9 Å². The molecule has 0 atom stereocenters. The van der Waals surface area contributed by atoms with Crippen LogP contribution in [0, 0.1) is 0 Å². The Balaban J connectivity index is 2.69. The zero-order chi connectivity index (χ0) is 14.3. The predicted molar refractivity (Wildman–Crippen MR) is 81.5 cm³/mol. The number of hydrogen-bond acceptors (Lipinski definition) is 3. The SMILES string of the molecule is CCOC(OCC)C(N)=NCc1ccc(Br)c(Cl)c1. The summed E-state index contributed by atoms with van der Waals surface area (Å²) in [5, 5.41) is 0.650. The molecular formula is C13H18BrClN2O2. The lowest BCUT2D eigenvalue weighted by Gasteiger charge is -2.16. The molecular weight excluding hydrogens is 332 g/mol. The minimum absolute atomic E-state index is 0.336. The third-order valence-electron chi connectivity index (χ3n) is 2.31. The van der Waals surface area contributed by atoms with Gasteiger partial charge in [-0.2, -0.15) is 0 Å². The van der Waals surface area contributed by atoms with Crippen molar-refractivity contribution in [3.63, 3.8) is 0 Å². The van der Waals surface area contributed by atoms with E-state index in [9.17, 15) is 0 Å². The van der Waals surface area contributed by atoms with Gasteiger partial charge in [0.05, 0.1) is 11.6 Å². The van der Waals surface area contributed by atoms with Crippen LogP contribution >= 0.6 is 27.5 Å². The van der Waals surface area contributed by atoms with Crippen molar-refractivity contribution in [1.29, 1.82) is 0 Å². The lowest BCUT2D eigenvalue weighted by molar-refractivity contribution is -0.0907. The molecule has 19 heavy (non-hydrogen) atoms. The summed E-state index contributed by atoms with van der Waals surface area (Å²) in [6, 6.07) is 5.66. The molecule has 0 heterocycles. The fraction of sp³-hybridized carbons (Fsp3) is 0.462. The monoisotopic (exact) mass is 348 g/mol. The van der Waals surface area contributed by atoms with Gasteiger partial charge in [0.2, 0.25) is 6.29 Å². The Bertz CT molecular complexity index is 435. The van der Waals surface area contributed by atoms with Crippen LogP contribution in [0.4, 0.5) is 0 Å². The van der Waals surface area contributed by atoms with Crippen molar-refractivity contribution in [1.82, 2.24) is 0 Å². The predicted octanol–water partition coefficient (Wildman–Crippen LogP) is 3.36. The van der Waals surface area contributed by atoms with Crippen LogP contribution in [0.1, 0.15) is 19.4 Å². The summed E-state index contributed by atoms with van der Waals surface area (Å²) in [5.74, 6) is 0.336. The third kappa shape index (κ3) is 5.48. The van der Waals surface area contributed by atoms with Crippen LogP contribution in [0.15, 0.2) is 27.7 Å². The van der Waals surface area contributed by atoms with E-state index in [-0.39, 0.29) is 0 Å². The zero-order valence-corrected chi connectivity index (χ0v) is 13.4. The first kappa shape index (κ1) is 16.4. The Morgan fingerprint density at radius 3 is 2.53 bits per heavy atom. The first-order valence-electron chi connectivity index (χ1n) is 6.05. The van der Waals surface area contributed by atoms with Crippen LogP contribution in [0.5, 0.6) is 0 Å². The van der Waals surface area contributed by atoms with Crippen molar-refractivity contribution in [3.05, 3.63) is 33.3 Å². The van der Waals surface area contributed by atoms with E-state index in [1.807, 2.05) is 32.0 Å². The molecule has 0 aliphatic carbocycles. The number of ether oxygens (including phenoxy) is 2. The second-order valence-corrected chi connectivity index (χ2v) is 4.99. The zero-order valence-electron chi connectivity index (χ0n) is 11.0. The van der Waals surface area contributed by atoms with Crippen LogP contribution < -0.4 is 5.73 Å². The van der Waals surface area contributed by atoms with Crippen molar-refractivity contribution < 1.29 is 9.47 Å². The summed E-state index contributed by atoms with van der Waals surface area (Å²) in [4.78, 5) is 4.27. The molecule has 106 valence electrons. The Hall–Kier alpha value is -0.620. The van der Waals surface area contributed by atoms with Gasteiger partial charge in [0.25, 0.3) is 0 Å². The van der Waals surface area contributed by atoms with E-state index < -0.39 is 6.29 Å². The maximum absolute atomic E-state index is 6.02. The van der Waals surface area contributed by atoms with Gasteiger partial charge in [0.15, 0.2) is 5.84 Å². The summed E-state index contributed by atoms with van der Waals surface area (Å²) in [6.45, 7) is 5.24. The van der Waals surface area contributed by atoms with E-state index in [0.29, 0.717) is 30.6 Å². The van der Waals surface area contributed by atoms with Crippen molar-refractivity contribution >= 4 is 33.4 Å². The van der Waals surface area contributed by atoms with E-state index in [4.69, 9.17) is 26.8 Å². The number of aliphatic imine (C=N–C) groups is 1. The van der Waals surface area contributed by atoms with Gasteiger partial charge in [0, 0.05) is 17.7 Å². The summed E-state index contributed by atoms with van der Waals surface area (Å²) in [5.41, 5.74) is 6.84. The topological polar surface area (TPSA) is 56.8 Å². The number of benzene rings is 1. The average molecular weight is 350 g/mol. The van der Waals surface area contributed by atoms with Gasteiger partial charge >= 0.3 is 0 Å². The van der Waals surface area contributed by atoms with Crippen molar-refractivity contribution in [3.8, 4) is 0 Å². The molecule has 0 bridgehead atoms. The molecule has 0 saturated carbocycles. The molecule has 0 unspecified atom stereocenters. The minimum atomic E-state index is -0.582. The summed E-state index contributed by atoms with van der Waals surface area (Å²) in [7, 11) is 0. The lowest BCUT2D eigenvalue weighted by atomic mass is 10.2. The standard InChI is InChI=1S/C13H18BrClN2O2/c1-3-18-13(19-4-2)12(16)17-8-9-5-6-10(14)11(15)7-9/h5-7,13H,3-4,8H2,1-2H3,(H2,16,17). The van der Waals surface area contributed by atoms with Gasteiger partial charge in [-0.3, -0.25) is 4.99 Å². The Morgan fingerprint density at radius 1 is 1.37 bits per heavy atom. The molecule has 0 spiro atoms. The molecule has 0 fully saturated rings. The number of nitrogens with zero attached hydrogens (tertiary/aromatic N) is 1. The molecule has 1 aromatic carbocycles. The van der Waals surface area contributed by atoms with Crippen molar-refractivity contribution in [2.45, 2.75) is 26.7 Å². The minimum Gasteiger partial charge on any atom is -0.383 e. The Labute approximate surface area is 127 Å². The van der Waals surface area contributed by atoms with Crippen LogP contribution in [0.3, 0.4) is 0 Å². The van der Waals surface area contributed by atoms with E-state index in [0.717, 1.165) is 10.0 Å². The van der Waals surface area contributed by atoms with Gasteiger partial charge in [-0.25, -0.2) is 0 Å². The molecule has 1 aromatic rings. The fourth-order valence-electron chi connectivity index (χ4n) is 1.42. The van der Waals surface area contributed by atoms with Crippen LogP contribution in [0.2, 0.25) is 5.02 Å². The third-order valence-corrected chi connectivity index (χ3v) is 3.54. The molecule has 6 heteroatoms. The highest BCUT2D eigenvalue weighted by Crippen LogP contribution is 2.23. The summed E-state index contributed by atoms with van der Waals surface area (Å²) < 4.78 is 11.6. The first-order valence-corrected chi connectivity index (χ1v) is 7.22. The largest absolute Gasteiger partial charge is 0.383 e. The molecule has 2 N–H and O–H groups in total. The second kappa shape index (κ2) is 8.53. The van der Waals surface area contributed by atoms with Gasteiger partial charge in [0.1, 0.15) is 0 Å². The maximum atomic E-state index is 6.02. The molecule has 0 aromatic heterocycles. The average Bonchev–Trinajstić information content (AvgIpc) is 2.39. The summed E-state index contributed by atoms with van der Waals surface area (Å²) in [6.07, 6.45) is -0.582. The number of hydrogen-bond donors (Lipinski definition) is 1. The second-order valence-electron chi connectivity index (χ2n) is 3.73. The number of halogens is 2. The fourth-order valence-corrected chi connectivity index (χ4v) is 1.87. The molecule has 0 saturated heterocycles. The smallest absolute Gasteiger partial charge is 0.216 e. The molecule has 0 radical (unpaired) electrons. The maximum Gasteiger partial charge on any atom is 0.216 e. The van der Waals surface area contributed by atoms with E-state index >= 15 is 0 Å². The lowest BCUT2D eigenvalue weighted by Crippen LogP contribution is -2.34. The Morgan fingerprint density at radius 2 is 2.00 bits per heavy atom. The van der Waals surface area contributed by atoms with Crippen LogP contribution in [-0.2, 0) is 16.0 Å². The molecule has 0 aliphatic rings. The summed E-state index contributed by atoms with van der Waals surface area (Å²) >= 11 is 9.36. The molecule has 4 nitrogen and oxygen atoms in total. The van der Waals surface area contributed by atoms with Crippen molar-refractivity contribution in [2.24, 2.45) is 10.7 Å².